The van der Waals surface area contributed by atoms with Gasteiger partial charge in [-0.25, -0.2) is 4.79 Å². The van der Waals surface area contributed by atoms with Crippen molar-refractivity contribution in [1.29, 1.82) is 5.41 Å². The molecular formula is C12H17N3O2. The van der Waals surface area contributed by atoms with Crippen LogP contribution in [0.1, 0.15) is 19.8 Å². The Labute approximate surface area is 100 Å². The van der Waals surface area contributed by atoms with Gasteiger partial charge in [0.2, 0.25) is 0 Å². The van der Waals surface area contributed by atoms with Gasteiger partial charge in [-0.1, -0.05) is 25.1 Å². The number of ether oxygens (including phenoxy) is 1. The van der Waals surface area contributed by atoms with E-state index in [-0.39, 0.29) is 11.9 Å². The van der Waals surface area contributed by atoms with Gasteiger partial charge in [-0.2, -0.15) is 0 Å². The van der Waals surface area contributed by atoms with E-state index in [4.69, 9.17) is 15.9 Å². The van der Waals surface area contributed by atoms with E-state index < -0.39 is 6.09 Å². The third kappa shape index (κ3) is 5.01. The van der Waals surface area contributed by atoms with E-state index in [9.17, 15) is 4.79 Å². The van der Waals surface area contributed by atoms with Gasteiger partial charge >= 0.3 is 6.09 Å². The number of amides is 1. The van der Waals surface area contributed by atoms with Crippen molar-refractivity contribution in [2.75, 3.05) is 0 Å². The molecule has 0 aliphatic heterocycles. The molecule has 5 nitrogen and oxygen atoms in total. The topological polar surface area (TPSA) is 88.2 Å². The number of para-hydroxylation sites is 1. The molecule has 0 saturated heterocycles. The summed E-state index contributed by atoms with van der Waals surface area (Å²) in [5.41, 5.74) is 5.29. The Balaban J connectivity index is 2.45. The monoisotopic (exact) mass is 235 g/mol. The second-order valence-electron chi connectivity index (χ2n) is 3.68. The summed E-state index contributed by atoms with van der Waals surface area (Å²) >= 11 is 0. The lowest BCUT2D eigenvalue weighted by molar-refractivity contribution is 0.196. The molecule has 0 radical (unpaired) electrons. The van der Waals surface area contributed by atoms with E-state index in [1.165, 1.54) is 0 Å². The molecule has 0 saturated carbocycles. The van der Waals surface area contributed by atoms with Gasteiger partial charge in [-0.05, 0) is 18.6 Å². The smallest absolute Gasteiger partial charge is 0.410 e. The minimum atomic E-state index is -0.524. The maximum Gasteiger partial charge on any atom is 0.412 e. The van der Waals surface area contributed by atoms with Crippen LogP contribution in [0.2, 0.25) is 0 Å². The Morgan fingerprint density at radius 3 is 2.65 bits per heavy atom. The van der Waals surface area contributed by atoms with Gasteiger partial charge in [0.15, 0.2) is 0 Å². The lowest BCUT2D eigenvalue weighted by Crippen LogP contribution is -2.38. The highest BCUT2D eigenvalue weighted by molar-refractivity contribution is 5.78. The molecule has 92 valence electrons. The Morgan fingerprint density at radius 2 is 2.12 bits per heavy atom. The summed E-state index contributed by atoms with van der Waals surface area (Å²) in [7, 11) is 0. The lowest BCUT2D eigenvalue weighted by Gasteiger charge is -2.15. The molecule has 0 aromatic heterocycles. The first-order valence-corrected chi connectivity index (χ1v) is 5.48. The summed E-state index contributed by atoms with van der Waals surface area (Å²) in [6.45, 7) is 1.91. The highest BCUT2D eigenvalue weighted by Gasteiger charge is 2.12. The average Bonchev–Trinajstić information content (AvgIpc) is 2.28. The van der Waals surface area contributed by atoms with Gasteiger partial charge in [0.05, 0.1) is 5.84 Å². The van der Waals surface area contributed by atoms with Crippen molar-refractivity contribution in [3.05, 3.63) is 30.3 Å². The quantitative estimate of drug-likeness (QED) is 0.537. The van der Waals surface area contributed by atoms with E-state index in [0.29, 0.717) is 18.6 Å². The van der Waals surface area contributed by atoms with Crippen LogP contribution in [0.4, 0.5) is 4.79 Å². The fourth-order valence-electron chi connectivity index (χ4n) is 1.35. The molecule has 5 heteroatoms. The van der Waals surface area contributed by atoms with Crippen molar-refractivity contribution < 1.29 is 9.53 Å². The van der Waals surface area contributed by atoms with Crippen molar-refractivity contribution in [2.24, 2.45) is 5.73 Å². The van der Waals surface area contributed by atoms with E-state index in [1.807, 2.05) is 13.0 Å². The molecule has 0 aliphatic rings. The minimum Gasteiger partial charge on any atom is -0.410 e. The van der Waals surface area contributed by atoms with E-state index in [0.717, 1.165) is 0 Å². The highest BCUT2D eigenvalue weighted by Crippen LogP contribution is 2.08. The van der Waals surface area contributed by atoms with Crippen LogP contribution in [0.5, 0.6) is 5.75 Å². The predicted octanol–water partition coefficient (Wildman–Crippen LogP) is 1.88. The summed E-state index contributed by atoms with van der Waals surface area (Å²) in [6, 6.07) is 8.65. The van der Waals surface area contributed by atoms with Crippen molar-refractivity contribution in [3.63, 3.8) is 0 Å². The predicted molar refractivity (Wildman–Crippen MR) is 66.2 cm³/mol. The first-order valence-electron chi connectivity index (χ1n) is 5.48. The fraction of sp³-hybridized carbons (Fsp3) is 0.333. The van der Waals surface area contributed by atoms with Gasteiger partial charge < -0.3 is 15.8 Å². The SMILES string of the molecule is CCC(CC(=N)N)NC(=O)Oc1ccccc1. The first kappa shape index (κ1) is 13.0. The van der Waals surface area contributed by atoms with Crippen molar-refractivity contribution in [3.8, 4) is 5.75 Å². The van der Waals surface area contributed by atoms with Crippen LogP contribution in [0.3, 0.4) is 0 Å². The van der Waals surface area contributed by atoms with Gasteiger partial charge in [-0.15, -0.1) is 0 Å². The molecule has 4 N–H and O–H groups in total. The molecule has 0 bridgehead atoms. The van der Waals surface area contributed by atoms with Crippen LogP contribution in [-0.4, -0.2) is 18.0 Å². The number of nitrogens with two attached hydrogens (primary N) is 1. The molecule has 0 aliphatic carbocycles. The molecule has 0 spiro atoms. The number of benzene rings is 1. The molecule has 0 fully saturated rings. The Morgan fingerprint density at radius 1 is 1.47 bits per heavy atom. The summed E-state index contributed by atoms with van der Waals surface area (Å²) in [4.78, 5) is 11.5. The van der Waals surface area contributed by atoms with Gasteiger partial charge in [0.25, 0.3) is 0 Å². The third-order valence-corrected chi connectivity index (χ3v) is 2.23. The number of amidine groups is 1. The standard InChI is InChI=1S/C12H17N3O2/c1-2-9(8-11(13)14)15-12(16)17-10-6-4-3-5-7-10/h3-7,9H,2,8H2,1H3,(H3,13,14)(H,15,16). The molecular weight excluding hydrogens is 218 g/mol. The summed E-state index contributed by atoms with van der Waals surface area (Å²) in [5.74, 6) is 0.541. The van der Waals surface area contributed by atoms with Crippen LogP contribution in [-0.2, 0) is 0 Å². The zero-order valence-corrected chi connectivity index (χ0v) is 9.77. The second-order valence-corrected chi connectivity index (χ2v) is 3.68. The first-order chi connectivity index (χ1) is 8.11. The van der Waals surface area contributed by atoms with Gasteiger partial charge in [-0.3, -0.25) is 5.41 Å². The van der Waals surface area contributed by atoms with Gasteiger partial charge in [0, 0.05) is 12.5 Å². The molecule has 0 heterocycles. The fourth-order valence-corrected chi connectivity index (χ4v) is 1.35. The van der Waals surface area contributed by atoms with Crippen LogP contribution >= 0.6 is 0 Å². The number of nitrogens with one attached hydrogen (secondary N) is 2. The molecule has 1 atom stereocenters. The van der Waals surface area contributed by atoms with Gasteiger partial charge in [0.1, 0.15) is 5.75 Å². The summed E-state index contributed by atoms with van der Waals surface area (Å²) in [6.07, 6.45) is 0.508. The summed E-state index contributed by atoms with van der Waals surface area (Å²) in [5, 5.41) is 9.84. The molecule has 1 amide bonds. The van der Waals surface area contributed by atoms with Crippen molar-refractivity contribution in [2.45, 2.75) is 25.8 Å². The lowest BCUT2D eigenvalue weighted by atomic mass is 10.1. The Kier molecular flexibility index (Phi) is 5.00. The molecule has 1 aromatic carbocycles. The number of rotatable bonds is 5. The molecule has 1 aromatic rings. The van der Waals surface area contributed by atoms with Crippen LogP contribution < -0.4 is 15.8 Å². The number of hydrogen-bond donors (Lipinski definition) is 3. The number of hydrogen-bond acceptors (Lipinski definition) is 3. The van der Waals surface area contributed by atoms with Crippen LogP contribution in [0.15, 0.2) is 30.3 Å². The largest absolute Gasteiger partial charge is 0.412 e. The molecule has 1 unspecified atom stereocenters. The van der Waals surface area contributed by atoms with E-state index in [2.05, 4.69) is 5.32 Å². The normalized spacial score (nSPS) is 11.6. The highest BCUT2D eigenvalue weighted by atomic mass is 16.6. The zero-order chi connectivity index (χ0) is 12.7. The number of carbonyl (C=O) groups is 1. The second kappa shape index (κ2) is 6.52. The third-order valence-electron chi connectivity index (χ3n) is 2.23. The molecule has 17 heavy (non-hydrogen) atoms. The summed E-state index contributed by atoms with van der Waals surface area (Å²) < 4.78 is 5.07. The van der Waals surface area contributed by atoms with E-state index >= 15 is 0 Å². The van der Waals surface area contributed by atoms with Crippen molar-refractivity contribution >= 4 is 11.9 Å². The van der Waals surface area contributed by atoms with Crippen LogP contribution in [0.25, 0.3) is 0 Å². The van der Waals surface area contributed by atoms with Crippen molar-refractivity contribution in [1.82, 2.24) is 5.32 Å². The Hall–Kier alpha value is -2.04. The van der Waals surface area contributed by atoms with Crippen LogP contribution in [0, 0.1) is 5.41 Å². The number of carbonyl (C=O) groups excluding carboxylic acids is 1. The minimum absolute atomic E-state index is 0.0526. The zero-order valence-electron chi connectivity index (χ0n) is 9.77. The average molecular weight is 235 g/mol. The maximum atomic E-state index is 11.5. The Bertz CT molecular complexity index is 379. The van der Waals surface area contributed by atoms with E-state index in [1.54, 1.807) is 24.3 Å². The maximum absolute atomic E-state index is 11.5. The molecule has 1 rings (SSSR count).